The van der Waals surface area contributed by atoms with E-state index in [1.165, 1.54) is 19.3 Å². The van der Waals surface area contributed by atoms with Gasteiger partial charge < -0.3 is 10.7 Å². The number of hydrazine groups is 1. The van der Waals surface area contributed by atoms with E-state index < -0.39 is 0 Å². The fraction of sp³-hybridized carbons (Fsp3) is 0.733. The predicted octanol–water partition coefficient (Wildman–Crippen LogP) is 2.87. The molecule has 0 saturated heterocycles. The Morgan fingerprint density at radius 3 is 2.45 bits per heavy atom. The lowest BCUT2D eigenvalue weighted by Crippen LogP contribution is -2.26. The van der Waals surface area contributed by atoms with Gasteiger partial charge in [-0.25, -0.2) is 15.8 Å². The smallest absolute Gasteiger partial charge is 0.148 e. The van der Waals surface area contributed by atoms with E-state index in [9.17, 15) is 0 Å². The number of rotatable bonds is 5. The molecule has 5 heteroatoms. The Kier molecular flexibility index (Phi) is 4.81. The minimum absolute atomic E-state index is 0.504. The minimum atomic E-state index is 0.504. The van der Waals surface area contributed by atoms with Crippen molar-refractivity contribution in [2.24, 2.45) is 17.7 Å². The second-order valence-electron chi connectivity index (χ2n) is 5.82. The van der Waals surface area contributed by atoms with E-state index in [2.05, 4.69) is 41.5 Å². The lowest BCUT2D eigenvalue weighted by molar-refractivity contribution is 0.391. The topological polar surface area (TPSA) is 75.9 Å². The Balaban J connectivity index is 2.21. The quantitative estimate of drug-likeness (QED) is 0.570. The Morgan fingerprint density at radius 2 is 1.90 bits per heavy atom. The fourth-order valence-electron chi connectivity index (χ4n) is 3.21. The summed E-state index contributed by atoms with van der Waals surface area (Å²) < 4.78 is 0. The SMILES string of the molecule is CCc1nc(NN)c(C)c(NC2CCC(CC)C2C)n1. The zero-order chi connectivity index (χ0) is 14.7. The van der Waals surface area contributed by atoms with E-state index in [4.69, 9.17) is 5.84 Å². The van der Waals surface area contributed by atoms with Crippen LogP contribution in [0.3, 0.4) is 0 Å². The fourth-order valence-corrected chi connectivity index (χ4v) is 3.21. The van der Waals surface area contributed by atoms with Gasteiger partial charge in [0.05, 0.1) is 0 Å². The van der Waals surface area contributed by atoms with Crippen LogP contribution in [-0.4, -0.2) is 16.0 Å². The lowest BCUT2D eigenvalue weighted by atomic mass is 9.93. The van der Waals surface area contributed by atoms with Gasteiger partial charge >= 0.3 is 0 Å². The van der Waals surface area contributed by atoms with Crippen LogP contribution in [0.1, 0.15) is 51.4 Å². The number of aryl methyl sites for hydroxylation is 1. The van der Waals surface area contributed by atoms with Gasteiger partial charge in [0, 0.05) is 18.0 Å². The van der Waals surface area contributed by atoms with Crippen molar-refractivity contribution in [2.45, 2.75) is 59.4 Å². The molecule has 1 fully saturated rings. The van der Waals surface area contributed by atoms with Crippen molar-refractivity contribution in [3.63, 3.8) is 0 Å². The molecule has 1 heterocycles. The monoisotopic (exact) mass is 277 g/mol. The number of hydrogen-bond acceptors (Lipinski definition) is 5. The molecule has 0 spiro atoms. The molecule has 1 aliphatic rings. The third-order valence-electron chi connectivity index (χ3n) is 4.72. The highest BCUT2D eigenvalue weighted by Gasteiger charge is 2.32. The molecule has 20 heavy (non-hydrogen) atoms. The van der Waals surface area contributed by atoms with Crippen molar-refractivity contribution in [1.82, 2.24) is 9.97 Å². The van der Waals surface area contributed by atoms with Gasteiger partial charge in [0.25, 0.3) is 0 Å². The van der Waals surface area contributed by atoms with Gasteiger partial charge in [0.15, 0.2) is 0 Å². The number of aromatic nitrogens is 2. The van der Waals surface area contributed by atoms with Gasteiger partial charge in [-0.1, -0.05) is 27.2 Å². The predicted molar refractivity (Wildman–Crippen MR) is 83.5 cm³/mol. The van der Waals surface area contributed by atoms with Crippen molar-refractivity contribution in [3.8, 4) is 0 Å². The van der Waals surface area contributed by atoms with Gasteiger partial charge in [-0.2, -0.15) is 0 Å². The van der Waals surface area contributed by atoms with Crippen LogP contribution in [0.2, 0.25) is 0 Å². The largest absolute Gasteiger partial charge is 0.367 e. The Morgan fingerprint density at radius 1 is 1.20 bits per heavy atom. The number of nitrogens with zero attached hydrogens (tertiary/aromatic N) is 2. The van der Waals surface area contributed by atoms with Crippen LogP contribution in [0.25, 0.3) is 0 Å². The summed E-state index contributed by atoms with van der Waals surface area (Å²) in [5.41, 5.74) is 3.67. The summed E-state index contributed by atoms with van der Waals surface area (Å²) in [6.07, 6.45) is 4.59. The third kappa shape index (κ3) is 2.87. The normalized spacial score (nSPS) is 25.8. The van der Waals surface area contributed by atoms with Crippen molar-refractivity contribution < 1.29 is 0 Å². The summed E-state index contributed by atoms with van der Waals surface area (Å²) in [7, 11) is 0. The first-order valence-electron chi connectivity index (χ1n) is 7.71. The summed E-state index contributed by atoms with van der Waals surface area (Å²) in [6.45, 7) is 8.69. The Bertz CT molecular complexity index is 460. The van der Waals surface area contributed by atoms with E-state index in [-0.39, 0.29) is 0 Å². The first-order chi connectivity index (χ1) is 9.60. The highest BCUT2D eigenvalue weighted by atomic mass is 15.3. The highest BCUT2D eigenvalue weighted by Crippen LogP contribution is 2.36. The van der Waals surface area contributed by atoms with E-state index in [0.717, 1.165) is 35.4 Å². The molecule has 5 nitrogen and oxygen atoms in total. The van der Waals surface area contributed by atoms with Crippen LogP contribution < -0.4 is 16.6 Å². The van der Waals surface area contributed by atoms with Gasteiger partial charge in [0.1, 0.15) is 17.5 Å². The standard InChI is InChI=1S/C15H27N5/c1-5-11-7-8-12(9(11)3)17-14-10(4)15(20-16)19-13(6-2)18-14/h9,11-12H,5-8,16H2,1-4H3,(H2,17,18,19,20). The van der Waals surface area contributed by atoms with Crippen LogP contribution in [0.5, 0.6) is 0 Å². The minimum Gasteiger partial charge on any atom is -0.367 e. The summed E-state index contributed by atoms with van der Waals surface area (Å²) >= 11 is 0. The average Bonchev–Trinajstić information content (AvgIpc) is 2.81. The molecule has 0 bridgehead atoms. The van der Waals surface area contributed by atoms with Gasteiger partial charge in [-0.3, -0.25) is 0 Å². The zero-order valence-electron chi connectivity index (χ0n) is 13.0. The maximum Gasteiger partial charge on any atom is 0.148 e. The maximum absolute atomic E-state index is 5.55. The molecule has 3 atom stereocenters. The lowest BCUT2D eigenvalue weighted by Gasteiger charge is -2.23. The van der Waals surface area contributed by atoms with E-state index in [1.54, 1.807) is 0 Å². The van der Waals surface area contributed by atoms with Gasteiger partial charge in [-0.15, -0.1) is 0 Å². The molecular formula is C15H27N5. The zero-order valence-corrected chi connectivity index (χ0v) is 13.0. The average molecular weight is 277 g/mol. The van der Waals surface area contributed by atoms with E-state index in [1.807, 2.05) is 6.92 Å². The molecule has 1 aromatic rings. The van der Waals surface area contributed by atoms with Crippen molar-refractivity contribution in [1.29, 1.82) is 0 Å². The van der Waals surface area contributed by atoms with Crippen LogP contribution in [0, 0.1) is 18.8 Å². The van der Waals surface area contributed by atoms with Crippen LogP contribution in [0.15, 0.2) is 0 Å². The third-order valence-corrected chi connectivity index (χ3v) is 4.72. The number of hydrogen-bond donors (Lipinski definition) is 3. The second kappa shape index (κ2) is 6.39. The number of anilines is 2. The molecular weight excluding hydrogens is 250 g/mol. The Labute approximate surface area is 121 Å². The first-order valence-corrected chi connectivity index (χ1v) is 7.71. The molecule has 1 saturated carbocycles. The summed E-state index contributed by atoms with van der Waals surface area (Å²) in [6, 6.07) is 0.504. The molecule has 112 valence electrons. The van der Waals surface area contributed by atoms with Crippen LogP contribution in [-0.2, 0) is 6.42 Å². The molecule has 2 rings (SSSR count). The highest BCUT2D eigenvalue weighted by molar-refractivity contribution is 5.57. The van der Waals surface area contributed by atoms with Crippen LogP contribution >= 0.6 is 0 Å². The van der Waals surface area contributed by atoms with E-state index in [0.29, 0.717) is 12.0 Å². The summed E-state index contributed by atoms with van der Waals surface area (Å²) in [5.74, 6) is 9.54. The van der Waals surface area contributed by atoms with Gasteiger partial charge in [0.2, 0.25) is 0 Å². The molecule has 0 radical (unpaired) electrons. The van der Waals surface area contributed by atoms with Crippen molar-refractivity contribution in [3.05, 3.63) is 11.4 Å². The molecule has 0 amide bonds. The van der Waals surface area contributed by atoms with Crippen LogP contribution in [0.4, 0.5) is 11.6 Å². The molecule has 1 aromatic heterocycles. The van der Waals surface area contributed by atoms with Crippen molar-refractivity contribution in [2.75, 3.05) is 10.7 Å². The molecule has 1 aliphatic carbocycles. The first kappa shape index (κ1) is 15.0. The molecule has 3 unspecified atom stereocenters. The number of nitrogens with two attached hydrogens (primary N) is 1. The summed E-state index contributed by atoms with van der Waals surface area (Å²) in [4.78, 5) is 9.04. The van der Waals surface area contributed by atoms with Crippen molar-refractivity contribution >= 4 is 11.6 Å². The molecule has 4 N–H and O–H groups in total. The number of nitrogen functional groups attached to an aromatic ring is 1. The van der Waals surface area contributed by atoms with Gasteiger partial charge in [-0.05, 0) is 31.6 Å². The number of nitrogens with one attached hydrogen (secondary N) is 2. The molecule has 0 aromatic carbocycles. The second-order valence-corrected chi connectivity index (χ2v) is 5.82. The maximum atomic E-state index is 5.55. The Hall–Kier alpha value is -1.36. The molecule has 0 aliphatic heterocycles. The summed E-state index contributed by atoms with van der Waals surface area (Å²) in [5, 5.41) is 3.63. The van der Waals surface area contributed by atoms with E-state index >= 15 is 0 Å².